The molecule has 0 aromatic heterocycles. The molecule has 104 valence electrons. The fourth-order valence-electron chi connectivity index (χ4n) is 1.94. The number of aryl methyl sites for hydroxylation is 2. The maximum atomic E-state index is 13.7. The van der Waals surface area contributed by atoms with E-state index in [4.69, 9.17) is 0 Å². The predicted octanol–water partition coefficient (Wildman–Crippen LogP) is 3.96. The van der Waals surface area contributed by atoms with Crippen molar-refractivity contribution >= 4 is 11.4 Å². The van der Waals surface area contributed by atoms with Gasteiger partial charge >= 0.3 is 0 Å². The zero-order valence-electron chi connectivity index (χ0n) is 11.3. The lowest BCUT2D eigenvalue weighted by Gasteiger charge is -2.09. The molecule has 0 unspecified atom stereocenters. The lowest BCUT2D eigenvalue weighted by Crippen LogP contribution is -2.05. The number of anilines is 1. The number of nitrogens with zero attached hydrogens (tertiary/aromatic N) is 1. The van der Waals surface area contributed by atoms with Gasteiger partial charge in [-0.1, -0.05) is 24.3 Å². The molecule has 0 amide bonds. The highest BCUT2D eigenvalue weighted by Crippen LogP contribution is 2.27. The first-order valence-corrected chi connectivity index (χ1v) is 6.22. The maximum absolute atomic E-state index is 13.7. The SMILES string of the molecule is Cc1ccc(CNc2c(F)cccc2[N+](=O)[O-])cc1C. The van der Waals surface area contributed by atoms with Crippen LogP contribution in [0.4, 0.5) is 15.8 Å². The van der Waals surface area contributed by atoms with Crippen molar-refractivity contribution < 1.29 is 9.31 Å². The van der Waals surface area contributed by atoms with Crippen LogP contribution in [0.1, 0.15) is 16.7 Å². The average molecular weight is 274 g/mol. The van der Waals surface area contributed by atoms with Gasteiger partial charge in [-0.15, -0.1) is 0 Å². The molecule has 2 aromatic rings. The molecule has 20 heavy (non-hydrogen) atoms. The molecule has 0 heterocycles. The van der Waals surface area contributed by atoms with Crippen LogP contribution in [0.2, 0.25) is 0 Å². The van der Waals surface area contributed by atoms with Crippen LogP contribution in [0.5, 0.6) is 0 Å². The second kappa shape index (κ2) is 5.69. The Morgan fingerprint density at radius 1 is 1.20 bits per heavy atom. The summed E-state index contributed by atoms with van der Waals surface area (Å²) < 4.78 is 13.7. The normalized spacial score (nSPS) is 10.3. The van der Waals surface area contributed by atoms with E-state index in [9.17, 15) is 14.5 Å². The van der Waals surface area contributed by atoms with Gasteiger partial charge in [0.05, 0.1) is 4.92 Å². The summed E-state index contributed by atoms with van der Waals surface area (Å²) in [5, 5.41) is 13.7. The van der Waals surface area contributed by atoms with Crippen LogP contribution in [-0.2, 0) is 6.54 Å². The van der Waals surface area contributed by atoms with E-state index < -0.39 is 10.7 Å². The van der Waals surface area contributed by atoms with E-state index >= 15 is 0 Å². The highest BCUT2D eigenvalue weighted by molar-refractivity contribution is 5.62. The van der Waals surface area contributed by atoms with Crippen LogP contribution in [0, 0.1) is 29.8 Å². The molecule has 1 N–H and O–H groups in total. The van der Waals surface area contributed by atoms with Gasteiger partial charge in [0.15, 0.2) is 5.82 Å². The van der Waals surface area contributed by atoms with Gasteiger partial charge in [0.25, 0.3) is 5.69 Å². The monoisotopic (exact) mass is 274 g/mol. The fourth-order valence-corrected chi connectivity index (χ4v) is 1.94. The molecule has 0 aliphatic heterocycles. The quantitative estimate of drug-likeness (QED) is 0.678. The third-order valence-electron chi connectivity index (χ3n) is 3.23. The molecule has 0 saturated heterocycles. The van der Waals surface area contributed by atoms with Gasteiger partial charge in [0.1, 0.15) is 5.69 Å². The first-order valence-electron chi connectivity index (χ1n) is 6.22. The summed E-state index contributed by atoms with van der Waals surface area (Å²) in [7, 11) is 0. The number of benzene rings is 2. The van der Waals surface area contributed by atoms with Crippen molar-refractivity contribution in [3.05, 3.63) is 69.0 Å². The van der Waals surface area contributed by atoms with Crippen molar-refractivity contribution in [2.45, 2.75) is 20.4 Å². The van der Waals surface area contributed by atoms with Crippen LogP contribution >= 0.6 is 0 Å². The molecule has 0 aliphatic carbocycles. The largest absolute Gasteiger partial charge is 0.373 e. The highest BCUT2D eigenvalue weighted by Gasteiger charge is 2.17. The van der Waals surface area contributed by atoms with E-state index in [1.165, 1.54) is 23.8 Å². The smallest absolute Gasteiger partial charge is 0.295 e. The number of rotatable bonds is 4. The minimum absolute atomic E-state index is 0.0734. The Labute approximate surface area is 116 Å². The lowest BCUT2D eigenvalue weighted by molar-refractivity contribution is -0.384. The molecule has 5 heteroatoms. The molecule has 0 aliphatic rings. The summed E-state index contributed by atoms with van der Waals surface area (Å²) in [5.74, 6) is -0.622. The van der Waals surface area contributed by atoms with Crippen molar-refractivity contribution in [2.24, 2.45) is 0 Å². The molecule has 2 rings (SSSR count). The van der Waals surface area contributed by atoms with E-state index in [1.807, 2.05) is 32.0 Å². The summed E-state index contributed by atoms with van der Waals surface area (Å²) in [5.41, 5.74) is 2.92. The first kappa shape index (κ1) is 14.0. The lowest BCUT2D eigenvalue weighted by atomic mass is 10.1. The number of hydrogen-bond donors (Lipinski definition) is 1. The summed E-state index contributed by atoms with van der Waals surface area (Å²) >= 11 is 0. The summed E-state index contributed by atoms with van der Waals surface area (Å²) in [4.78, 5) is 10.3. The van der Waals surface area contributed by atoms with Crippen LogP contribution < -0.4 is 5.32 Å². The number of nitro benzene ring substituents is 1. The fraction of sp³-hybridized carbons (Fsp3) is 0.200. The summed E-state index contributed by atoms with van der Waals surface area (Å²) in [6.45, 7) is 4.33. The Kier molecular flexibility index (Phi) is 3.98. The predicted molar refractivity (Wildman–Crippen MR) is 76.3 cm³/mol. The summed E-state index contributed by atoms with van der Waals surface area (Å²) in [6.07, 6.45) is 0. The van der Waals surface area contributed by atoms with E-state index in [1.54, 1.807) is 0 Å². The Bertz CT molecular complexity index is 656. The van der Waals surface area contributed by atoms with Crippen molar-refractivity contribution in [1.82, 2.24) is 0 Å². The second-order valence-corrected chi connectivity index (χ2v) is 4.66. The topological polar surface area (TPSA) is 55.2 Å². The molecular formula is C15H15FN2O2. The zero-order valence-corrected chi connectivity index (χ0v) is 11.3. The molecule has 4 nitrogen and oxygen atoms in total. The van der Waals surface area contributed by atoms with E-state index in [0.717, 1.165) is 11.1 Å². The van der Waals surface area contributed by atoms with Crippen molar-refractivity contribution in [1.29, 1.82) is 0 Å². The van der Waals surface area contributed by atoms with Gasteiger partial charge in [-0.25, -0.2) is 4.39 Å². The standard InChI is InChI=1S/C15H15FN2O2/c1-10-6-7-12(8-11(10)2)9-17-15-13(16)4-3-5-14(15)18(19)20/h3-8,17H,9H2,1-2H3. The number of nitrogens with one attached hydrogen (secondary N) is 1. The average Bonchev–Trinajstić information content (AvgIpc) is 2.40. The molecule has 2 aromatic carbocycles. The molecule has 0 spiro atoms. The van der Waals surface area contributed by atoms with Crippen LogP contribution in [-0.4, -0.2) is 4.92 Å². The number of halogens is 1. The number of para-hydroxylation sites is 1. The molecule has 0 saturated carbocycles. The Morgan fingerprint density at radius 2 is 1.95 bits per heavy atom. The molecule has 0 atom stereocenters. The maximum Gasteiger partial charge on any atom is 0.295 e. The Balaban J connectivity index is 2.22. The van der Waals surface area contributed by atoms with Gasteiger partial charge in [-0.3, -0.25) is 10.1 Å². The zero-order chi connectivity index (χ0) is 14.7. The van der Waals surface area contributed by atoms with Gasteiger partial charge in [-0.2, -0.15) is 0 Å². The van der Waals surface area contributed by atoms with Gasteiger partial charge in [-0.05, 0) is 36.6 Å². The third-order valence-corrected chi connectivity index (χ3v) is 3.23. The molecule has 0 radical (unpaired) electrons. The second-order valence-electron chi connectivity index (χ2n) is 4.66. The minimum atomic E-state index is -0.622. The highest BCUT2D eigenvalue weighted by atomic mass is 19.1. The van der Waals surface area contributed by atoms with E-state index in [0.29, 0.717) is 6.54 Å². The molecular weight excluding hydrogens is 259 g/mol. The molecule has 0 fully saturated rings. The van der Waals surface area contributed by atoms with Crippen molar-refractivity contribution in [2.75, 3.05) is 5.32 Å². The van der Waals surface area contributed by atoms with Gasteiger partial charge < -0.3 is 5.32 Å². The minimum Gasteiger partial charge on any atom is -0.373 e. The van der Waals surface area contributed by atoms with Gasteiger partial charge in [0.2, 0.25) is 0 Å². The number of nitro groups is 1. The van der Waals surface area contributed by atoms with Crippen molar-refractivity contribution in [3.63, 3.8) is 0 Å². The molecule has 0 bridgehead atoms. The summed E-state index contributed by atoms with van der Waals surface area (Å²) in [6, 6.07) is 9.69. The van der Waals surface area contributed by atoms with Crippen LogP contribution in [0.3, 0.4) is 0 Å². The van der Waals surface area contributed by atoms with E-state index in [-0.39, 0.29) is 11.4 Å². The first-order chi connectivity index (χ1) is 9.49. The Hall–Kier alpha value is -2.43. The van der Waals surface area contributed by atoms with Crippen LogP contribution in [0.25, 0.3) is 0 Å². The third kappa shape index (κ3) is 2.93. The van der Waals surface area contributed by atoms with E-state index in [2.05, 4.69) is 5.32 Å². The number of hydrogen-bond acceptors (Lipinski definition) is 3. The van der Waals surface area contributed by atoms with Crippen LogP contribution in [0.15, 0.2) is 36.4 Å². The van der Waals surface area contributed by atoms with Crippen molar-refractivity contribution in [3.8, 4) is 0 Å². The van der Waals surface area contributed by atoms with Gasteiger partial charge in [0, 0.05) is 12.6 Å². The Morgan fingerprint density at radius 3 is 2.60 bits per heavy atom.